The second-order valence-electron chi connectivity index (χ2n) is 8.86. The van der Waals surface area contributed by atoms with Crippen LogP contribution in [0.25, 0.3) is 11.1 Å². The number of aliphatic hydroxyl groups excluding tert-OH is 2. The van der Waals surface area contributed by atoms with Crippen LogP contribution < -0.4 is 16.0 Å². The molecule has 0 bridgehead atoms. The molecule has 1 saturated heterocycles. The fourth-order valence-corrected chi connectivity index (χ4v) is 4.61. The summed E-state index contributed by atoms with van der Waals surface area (Å²) in [5.74, 6) is -0.205. The van der Waals surface area contributed by atoms with Crippen LogP contribution in [0.2, 0.25) is 0 Å². The largest absolute Gasteiger partial charge is 0.508 e. The third-order valence-corrected chi connectivity index (χ3v) is 6.37. The number of rotatable bonds is 3. The first-order valence-electron chi connectivity index (χ1n) is 11.3. The topological polar surface area (TPSA) is 98.8 Å². The van der Waals surface area contributed by atoms with Crippen molar-refractivity contribution in [1.29, 1.82) is 0 Å². The Morgan fingerprint density at radius 2 is 2.09 bits per heavy atom. The SMILES string of the molecule is CCNC(=O)c1noc(=C2CC(C(C)C)=C(O)C=C2O)c1=C1C=C2C(=CC1)CCCN2C. The fourth-order valence-electron chi connectivity index (χ4n) is 4.61. The number of carbonyl (C=O) groups is 1. The van der Waals surface area contributed by atoms with Crippen molar-refractivity contribution < 1.29 is 19.5 Å². The first-order valence-corrected chi connectivity index (χ1v) is 11.3. The summed E-state index contributed by atoms with van der Waals surface area (Å²) in [6.07, 6.45) is 8.84. The lowest BCUT2D eigenvalue weighted by molar-refractivity contribution is 0.0946. The number of aliphatic hydroxyl groups is 2. The molecule has 7 heteroatoms. The Morgan fingerprint density at radius 3 is 2.81 bits per heavy atom. The molecule has 0 saturated carbocycles. The molecule has 3 aliphatic rings. The maximum atomic E-state index is 12.8. The summed E-state index contributed by atoms with van der Waals surface area (Å²) >= 11 is 0. The summed E-state index contributed by atoms with van der Waals surface area (Å²) in [6, 6.07) is 0. The van der Waals surface area contributed by atoms with Gasteiger partial charge in [-0.15, -0.1) is 0 Å². The molecule has 1 fully saturated rings. The third kappa shape index (κ3) is 3.87. The summed E-state index contributed by atoms with van der Waals surface area (Å²) in [5.41, 5.74) is 5.34. The Balaban J connectivity index is 1.99. The lowest BCUT2D eigenvalue weighted by Gasteiger charge is -2.32. The minimum Gasteiger partial charge on any atom is -0.508 e. The second-order valence-corrected chi connectivity index (χ2v) is 8.86. The van der Waals surface area contributed by atoms with Gasteiger partial charge in [0.2, 0.25) is 0 Å². The molecule has 1 aromatic heterocycles. The Labute approximate surface area is 187 Å². The van der Waals surface area contributed by atoms with Crippen molar-refractivity contribution in [3.8, 4) is 0 Å². The molecule has 32 heavy (non-hydrogen) atoms. The minimum atomic E-state index is -0.308. The van der Waals surface area contributed by atoms with Gasteiger partial charge in [0.25, 0.3) is 5.91 Å². The lowest BCUT2D eigenvalue weighted by Crippen LogP contribution is -2.36. The van der Waals surface area contributed by atoms with Crippen molar-refractivity contribution >= 4 is 17.1 Å². The summed E-state index contributed by atoms with van der Waals surface area (Å²) in [4.78, 5) is 15.1. The number of piperidine rings is 1. The normalized spacial score (nSPS) is 22.4. The van der Waals surface area contributed by atoms with Gasteiger partial charge in [0, 0.05) is 43.9 Å². The fraction of sp³-hybridized carbons (Fsp3) is 0.440. The van der Waals surface area contributed by atoms with Gasteiger partial charge in [0.15, 0.2) is 11.1 Å². The second kappa shape index (κ2) is 8.73. The number of hydrogen-bond acceptors (Lipinski definition) is 6. The van der Waals surface area contributed by atoms with Crippen LogP contribution in [0.1, 0.15) is 56.9 Å². The molecule has 0 radical (unpaired) electrons. The van der Waals surface area contributed by atoms with Crippen molar-refractivity contribution in [2.24, 2.45) is 5.92 Å². The van der Waals surface area contributed by atoms with E-state index < -0.39 is 0 Å². The number of allylic oxidation sites excluding steroid dienone is 6. The van der Waals surface area contributed by atoms with Crippen molar-refractivity contribution in [3.63, 3.8) is 0 Å². The van der Waals surface area contributed by atoms with Crippen molar-refractivity contribution in [2.45, 2.75) is 46.5 Å². The Kier molecular flexibility index (Phi) is 6.00. The molecular formula is C25H31N3O4. The van der Waals surface area contributed by atoms with Crippen molar-refractivity contribution in [2.75, 3.05) is 20.1 Å². The van der Waals surface area contributed by atoms with E-state index in [0.717, 1.165) is 36.2 Å². The molecule has 3 N–H and O–H groups in total. The number of amides is 1. The molecule has 2 heterocycles. The van der Waals surface area contributed by atoms with E-state index in [0.29, 0.717) is 35.6 Å². The predicted octanol–water partition coefficient (Wildman–Crippen LogP) is 2.98. The summed E-state index contributed by atoms with van der Waals surface area (Å²) in [7, 11) is 2.08. The zero-order valence-corrected chi connectivity index (χ0v) is 19.2. The Bertz CT molecular complexity index is 1190. The highest BCUT2D eigenvalue weighted by atomic mass is 16.5. The van der Waals surface area contributed by atoms with Crippen LogP contribution >= 0.6 is 0 Å². The molecule has 0 unspecified atom stereocenters. The number of nitrogens with zero attached hydrogens (tertiary/aromatic N) is 2. The van der Waals surface area contributed by atoms with Crippen LogP contribution in [0, 0.1) is 5.92 Å². The molecular weight excluding hydrogens is 406 g/mol. The Hall–Kier alpha value is -3.22. The molecule has 0 spiro atoms. The van der Waals surface area contributed by atoms with Gasteiger partial charge in [-0.05, 0) is 54.9 Å². The van der Waals surface area contributed by atoms with Crippen LogP contribution in [0.3, 0.4) is 0 Å². The average Bonchev–Trinajstić information content (AvgIpc) is 3.19. The standard InChI is InChI=1S/C25H31N3O4/c1-5-26-25(31)23-22(16-9-8-15-7-6-10-28(4)19(15)11-16)24(32-27-23)18-12-17(14(2)3)20(29)13-21(18)30/h8,11,13-14,29-30H,5-7,9-10,12H2,1-4H3,(H,26,31). The van der Waals surface area contributed by atoms with Gasteiger partial charge in [-0.3, -0.25) is 4.79 Å². The van der Waals surface area contributed by atoms with Gasteiger partial charge in [-0.1, -0.05) is 25.1 Å². The highest BCUT2D eigenvalue weighted by molar-refractivity contribution is 5.93. The van der Waals surface area contributed by atoms with Crippen LogP contribution in [-0.2, 0) is 0 Å². The molecule has 1 aliphatic heterocycles. The number of hydrogen-bond donors (Lipinski definition) is 3. The number of carbonyl (C=O) groups excluding carboxylic acids is 1. The maximum Gasteiger partial charge on any atom is 0.274 e. The predicted molar refractivity (Wildman–Crippen MR) is 123 cm³/mol. The number of aromatic nitrogens is 1. The van der Waals surface area contributed by atoms with E-state index in [1.54, 1.807) is 0 Å². The smallest absolute Gasteiger partial charge is 0.274 e. The van der Waals surface area contributed by atoms with E-state index in [4.69, 9.17) is 4.52 Å². The summed E-state index contributed by atoms with van der Waals surface area (Å²) in [6.45, 7) is 7.30. The molecule has 7 nitrogen and oxygen atoms in total. The van der Waals surface area contributed by atoms with E-state index in [9.17, 15) is 15.0 Å². The zero-order valence-electron chi connectivity index (χ0n) is 19.2. The van der Waals surface area contributed by atoms with E-state index in [1.165, 1.54) is 11.6 Å². The minimum absolute atomic E-state index is 0.0678. The van der Waals surface area contributed by atoms with Crippen LogP contribution in [-0.4, -0.2) is 46.3 Å². The first kappa shape index (κ1) is 22.0. The van der Waals surface area contributed by atoms with Gasteiger partial charge in [-0.2, -0.15) is 0 Å². The van der Waals surface area contributed by atoms with E-state index in [1.807, 2.05) is 20.8 Å². The van der Waals surface area contributed by atoms with E-state index >= 15 is 0 Å². The van der Waals surface area contributed by atoms with Gasteiger partial charge in [-0.25, -0.2) is 0 Å². The third-order valence-electron chi connectivity index (χ3n) is 6.37. The van der Waals surface area contributed by atoms with Gasteiger partial charge in [0.1, 0.15) is 11.5 Å². The first-order chi connectivity index (χ1) is 15.3. The van der Waals surface area contributed by atoms with Crippen molar-refractivity contribution in [3.05, 3.63) is 62.9 Å². The van der Waals surface area contributed by atoms with Crippen LogP contribution in [0.15, 0.2) is 51.1 Å². The molecule has 1 amide bonds. The molecule has 170 valence electrons. The van der Waals surface area contributed by atoms with Crippen LogP contribution in [0.4, 0.5) is 0 Å². The quantitative estimate of drug-likeness (QED) is 0.673. The Morgan fingerprint density at radius 1 is 1.31 bits per heavy atom. The molecule has 0 aromatic carbocycles. The number of fused-ring (bicyclic) bond motifs is 1. The molecule has 4 rings (SSSR count). The number of likely N-dealkylation sites (tertiary alicyclic amines) is 1. The molecule has 1 aromatic rings. The monoisotopic (exact) mass is 437 g/mol. The van der Waals surface area contributed by atoms with E-state index in [2.05, 4.69) is 34.6 Å². The lowest BCUT2D eigenvalue weighted by atomic mass is 9.88. The number of likely N-dealkylation sites (N-methyl/N-ethyl adjacent to an activating group) is 1. The summed E-state index contributed by atoms with van der Waals surface area (Å²) in [5, 5.41) is 28.5. The average molecular weight is 438 g/mol. The molecule has 2 aliphatic carbocycles. The zero-order chi connectivity index (χ0) is 23.0. The highest BCUT2D eigenvalue weighted by Gasteiger charge is 2.26. The highest BCUT2D eigenvalue weighted by Crippen LogP contribution is 2.33. The van der Waals surface area contributed by atoms with Crippen LogP contribution in [0.5, 0.6) is 0 Å². The van der Waals surface area contributed by atoms with E-state index in [-0.39, 0.29) is 29.0 Å². The van der Waals surface area contributed by atoms with Crippen molar-refractivity contribution in [1.82, 2.24) is 15.4 Å². The van der Waals surface area contributed by atoms with Gasteiger partial charge >= 0.3 is 0 Å². The van der Waals surface area contributed by atoms with Gasteiger partial charge in [0.05, 0.1) is 5.22 Å². The molecule has 0 atom stereocenters. The van der Waals surface area contributed by atoms with Gasteiger partial charge < -0.3 is 25.0 Å². The number of nitrogens with one attached hydrogen (secondary N) is 1. The maximum absolute atomic E-state index is 12.8. The summed E-state index contributed by atoms with van der Waals surface area (Å²) < 4.78 is 5.72.